The number of rotatable bonds is 6. The number of ether oxygens (including phenoxy) is 1. The molecule has 0 saturated carbocycles. The highest BCUT2D eigenvalue weighted by Crippen LogP contribution is 2.30. The minimum atomic E-state index is 0.0987. The number of fused-ring (bicyclic) bond motifs is 1. The molecular weight excluding hydrogens is 370 g/mol. The standard InChI is InChI=1S/C21H27N5O3/c1-29-16-7-5-15(6-8-16)22-20-19-17(3-2-4-18(19)28)23-21(24-20)26-11-9-25(10-12-26)13-14-27/h5-8,27H,2-4,9-14H2,1H3,(H,22,23,24). The fourth-order valence-corrected chi connectivity index (χ4v) is 3.87. The smallest absolute Gasteiger partial charge is 0.227 e. The van der Waals surface area contributed by atoms with Gasteiger partial charge >= 0.3 is 0 Å². The molecule has 2 heterocycles. The molecule has 154 valence electrons. The zero-order chi connectivity index (χ0) is 20.2. The van der Waals surface area contributed by atoms with Crippen molar-refractivity contribution in [2.75, 3.05) is 56.7 Å². The Balaban J connectivity index is 1.62. The number of aliphatic hydroxyl groups excluding tert-OH is 1. The Morgan fingerprint density at radius 1 is 1.10 bits per heavy atom. The first-order chi connectivity index (χ1) is 14.2. The summed E-state index contributed by atoms with van der Waals surface area (Å²) < 4.78 is 5.22. The monoisotopic (exact) mass is 397 g/mol. The van der Waals surface area contributed by atoms with E-state index in [1.54, 1.807) is 7.11 Å². The molecule has 1 aliphatic heterocycles. The topological polar surface area (TPSA) is 90.8 Å². The van der Waals surface area contributed by atoms with Crippen molar-refractivity contribution in [3.8, 4) is 5.75 Å². The molecule has 8 nitrogen and oxygen atoms in total. The van der Waals surface area contributed by atoms with E-state index in [1.807, 2.05) is 24.3 Å². The molecule has 1 aromatic heterocycles. The van der Waals surface area contributed by atoms with E-state index in [-0.39, 0.29) is 12.4 Å². The fraction of sp³-hybridized carbons (Fsp3) is 0.476. The molecule has 29 heavy (non-hydrogen) atoms. The van der Waals surface area contributed by atoms with Crippen molar-refractivity contribution in [1.29, 1.82) is 0 Å². The van der Waals surface area contributed by atoms with Crippen LogP contribution in [0.25, 0.3) is 0 Å². The van der Waals surface area contributed by atoms with Crippen LogP contribution in [0.15, 0.2) is 24.3 Å². The molecule has 1 aromatic carbocycles. The second-order valence-corrected chi connectivity index (χ2v) is 7.38. The molecule has 1 fully saturated rings. The van der Waals surface area contributed by atoms with E-state index < -0.39 is 0 Å². The Morgan fingerprint density at radius 3 is 2.55 bits per heavy atom. The van der Waals surface area contributed by atoms with Crippen LogP contribution < -0.4 is 15.0 Å². The van der Waals surface area contributed by atoms with Gasteiger partial charge in [0, 0.05) is 44.8 Å². The summed E-state index contributed by atoms with van der Waals surface area (Å²) in [7, 11) is 1.63. The lowest BCUT2D eigenvalue weighted by atomic mass is 9.95. The summed E-state index contributed by atoms with van der Waals surface area (Å²) in [4.78, 5) is 26.5. The number of aliphatic hydroxyl groups is 1. The lowest BCUT2D eigenvalue weighted by molar-refractivity contribution is 0.0972. The van der Waals surface area contributed by atoms with Crippen LogP contribution in [0.1, 0.15) is 28.9 Å². The second-order valence-electron chi connectivity index (χ2n) is 7.38. The lowest BCUT2D eigenvalue weighted by Crippen LogP contribution is -2.48. The number of nitrogens with one attached hydrogen (secondary N) is 1. The molecule has 0 unspecified atom stereocenters. The molecule has 0 amide bonds. The number of β-amino-alcohol motifs (C(OH)–C–C–N with tert-alkyl or cyclic N) is 1. The first-order valence-electron chi connectivity index (χ1n) is 10.1. The number of benzene rings is 1. The van der Waals surface area contributed by atoms with Crippen LogP contribution in [-0.4, -0.2) is 72.2 Å². The highest BCUT2D eigenvalue weighted by molar-refractivity contribution is 6.03. The van der Waals surface area contributed by atoms with Gasteiger partial charge in [0.15, 0.2) is 5.78 Å². The van der Waals surface area contributed by atoms with Gasteiger partial charge in [0.05, 0.1) is 25.0 Å². The number of ketones is 1. The summed E-state index contributed by atoms with van der Waals surface area (Å²) >= 11 is 0. The summed E-state index contributed by atoms with van der Waals surface area (Å²) in [5, 5.41) is 12.5. The zero-order valence-electron chi connectivity index (χ0n) is 16.7. The third-order valence-electron chi connectivity index (χ3n) is 5.49. The molecule has 0 radical (unpaired) electrons. The van der Waals surface area contributed by atoms with Crippen molar-refractivity contribution in [1.82, 2.24) is 14.9 Å². The molecule has 0 spiro atoms. The second kappa shape index (κ2) is 8.75. The van der Waals surface area contributed by atoms with Gasteiger partial charge in [-0.2, -0.15) is 4.98 Å². The van der Waals surface area contributed by atoms with Crippen molar-refractivity contribution < 1.29 is 14.6 Å². The van der Waals surface area contributed by atoms with Gasteiger partial charge in [-0.1, -0.05) is 0 Å². The maximum Gasteiger partial charge on any atom is 0.227 e. The minimum absolute atomic E-state index is 0.0987. The number of methoxy groups -OCH3 is 1. The van der Waals surface area contributed by atoms with E-state index in [0.717, 1.165) is 56.2 Å². The molecule has 0 atom stereocenters. The van der Waals surface area contributed by atoms with E-state index in [0.29, 0.717) is 30.3 Å². The number of nitrogens with zero attached hydrogens (tertiary/aromatic N) is 4. The Morgan fingerprint density at radius 2 is 1.86 bits per heavy atom. The normalized spacial score (nSPS) is 17.2. The van der Waals surface area contributed by atoms with Gasteiger partial charge in [-0.3, -0.25) is 9.69 Å². The van der Waals surface area contributed by atoms with Crippen LogP contribution in [0.5, 0.6) is 5.75 Å². The first kappa shape index (κ1) is 19.6. The fourth-order valence-electron chi connectivity index (χ4n) is 3.87. The maximum atomic E-state index is 12.6. The van der Waals surface area contributed by atoms with Crippen molar-refractivity contribution in [3.63, 3.8) is 0 Å². The first-order valence-corrected chi connectivity index (χ1v) is 10.1. The average molecular weight is 397 g/mol. The molecule has 4 rings (SSSR count). The summed E-state index contributed by atoms with van der Waals surface area (Å²) in [5.41, 5.74) is 2.30. The lowest BCUT2D eigenvalue weighted by Gasteiger charge is -2.35. The summed E-state index contributed by atoms with van der Waals surface area (Å²) in [6, 6.07) is 7.57. The van der Waals surface area contributed by atoms with E-state index in [1.165, 1.54) is 0 Å². The molecule has 8 heteroatoms. The number of Topliss-reactive ketones (excluding diaryl/α,β-unsaturated/α-hetero) is 1. The number of hydrogen-bond acceptors (Lipinski definition) is 8. The highest BCUT2D eigenvalue weighted by Gasteiger charge is 2.27. The van der Waals surface area contributed by atoms with Gasteiger partial charge in [-0.25, -0.2) is 4.98 Å². The summed E-state index contributed by atoms with van der Waals surface area (Å²) in [6.45, 7) is 4.19. The number of aromatic nitrogens is 2. The van der Waals surface area contributed by atoms with E-state index in [4.69, 9.17) is 19.8 Å². The Labute approximate surface area is 170 Å². The summed E-state index contributed by atoms with van der Waals surface area (Å²) in [5.74, 6) is 2.12. The minimum Gasteiger partial charge on any atom is -0.497 e. The van der Waals surface area contributed by atoms with Gasteiger partial charge < -0.3 is 20.1 Å². The molecular formula is C21H27N5O3. The van der Waals surface area contributed by atoms with Crippen LogP contribution >= 0.6 is 0 Å². The predicted octanol–water partition coefficient (Wildman–Crippen LogP) is 1.86. The number of hydrogen-bond donors (Lipinski definition) is 2. The average Bonchev–Trinajstić information content (AvgIpc) is 2.75. The zero-order valence-corrected chi connectivity index (χ0v) is 16.7. The van der Waals surface area contributed by atoms with Crippen LogP contribution in [0.4, 0.5) is 17.5 Å². The number of carbonyl (C=O) groups excluding carboxylic acids is 1. The van der Waals surface area contributed by atoms with Gasteiger partial charge in [0.1, 0.15) is 11.6 Å². The molecule has 2 aromatic rings. The molecule has 1 aliphatic carbocycles. The Hall–Kier alpha value is -2.71. The van der Waals surface area contributed by atoms with Crippen molar-refractivity contribution in [2.24, 2.45) is 0 Å². The van der Waals surface area contributed by atoms with Gasteiger partial charge in [0.2, 0.25) is 5.95 Å². The van der Waals surface area contributed by atoms with Gasteiger partial charge in [-0.05, 0) is 37.1 Å². The van der Waals surface area contributed by atoms with Crippen LogP contribution in [0.3, 0.4) is 0 Å². The van der Waals surface area contributed by atoms with Gasteiger partial charge in [-0.15, -0.1) is 0 Å². The van der Waals surface area contributed by atoms with E-state index in [9.17, 15) is 4.79 Å². The summed E-state index contributed by atoms with van der Waals surface area (Å²) in [6.07, 6.45) is 2.15. The Kier molecular flexibility index (Phi) is 5.92. The third kappa shape index (κ3) is 4.33. The number of piperazine rings is 1. The number of carbonyl (C=O) groups is 1. The predicted molar refractivity (Wildman–Crippen MR) is 111 cm³/mol. The largest absolute Gasteiger partial charge is 0.497 e. The molecule has 2 N–H and O–H groups in total. The number of anilines is 3. The highest BCUT2D eigenvalue weighted by atomic mass is 16.5. The van der Waals surface area contributed by atoms with Crippen LogP contribution in [0.2, 0.25) is 0 Å². The third-order valence-corrected chi connectivity index (χ3v) is 5.49. The van der Waals surface area contributed by atoms with Crippen molar-refractivity contribution in [3.05, 3.63) is 35.5 Å². The van der Waals surface area contributed by atoms with Gasteiger partial charge in [0.25, 0.3) is 0 Å². The number of aryl methyl sites for hydroxylation is 1. The Bertz CT molecular complexity index is 863. The molecule has 2 aliphatic rings. The molecule has 1 saturated heterocycles. The molecule has 0 bridgehead atoms. The van der Waals surface area contributed by atoms with E-state index in [2.05, 4.69) is 15.1 Å². The quantitative estimate of drug-likeness (QED) is 0.763. The van der Waals surface area contributed by atoms with Crippen molar-refractivity contribution in [2.45, 2.75) is 19.3 Å². The van der Waals surface area contributed by atoms with Crippen molar-refractivity contribution >= 4 is 23.2 Å². The maximum absolute atomic E-state index is 12.6. The van der Waals surface area contributed by atoms with Crippen LogP contribution in [-0.2, 0) is 6.42 Å². The van der Waals surface area contributed by atoms with E-state index >= 15 is 0 Å². The SMILES string of the molecule is COc1ccc(Nc2nc(N3CCN(CCO)CC3)nc3c2C(=O)CCC3)cc1. The van der Waals surface area contributed by atoms with Crippen LogP contribution in [0, 0.1) is 0 Å².